The fourth-order valence-electron chi connectivity index (χ4n) is 3.33. The van der Waals surface area contributed by atoms with E-state index >= 15 is 0 Å². The van der Waals surface area contributed by atoms with Crippen LogP contribution in [0.15, 0.2) is 77.7 Å². The summed E-state index contributed by atoms with van der Waals surface area (Å²) in [5.41, 5.74) is 1.30. The van der Waals surface area contributed by atoms with E-state index in [1.807, 2.05) is 22.8 Å². The van der Waals surface area contributed by atoms with Gasteiger partial charge in [0.1, 0.15) is 5.75 Å². The second-order valence-corrected chi connectivity index (χ2v) is 10.2. The first-order chi connectivity index (χ1) is 15.8. The molecule has 0 radical (unpaired) electrons. The van der Waals surface area contributed by atoms with Crippen LogP contribution in [-0.4, -0.2) is 43.4 Å². The molecule has 0 atom stereocenters. The molecule has 174 valence electrons. The lowest BCUT2D eigenvalue weighted by Crippen LogP contribution is -2.31. The second kappa shape index (κ2) is 10.7. The Morgan fingerprint density at radius 2 is 1.82 bits per heavy atom. The molecule has 1 heterocycles. The number of nitrogens with zero attached hydrogens (tertiary/aromatic N) is 3. The van der Waals surface area contributed by atoms with Crippen molar-refractivity contribution in [2.45, 2.75) is 24.8 Å². The van der Waals surface area contributed by atoms with E-state index in [0.29, 0.717) is 10.4 Å². The number of carbonyl (C=O) groups is 1. The number of rotatable bonds is 10. The number of hydrogen-bond acceptors (Lipinski definition) is 5. The number of thiazole rings is 1. The zero-order valence-electron chi connectivity index (χ0n) is 18.7. The monoisotopic (exact) mass is 485 g/mol. The smallest absolute Gasteiger partial charge is 0.279 e. The van der Waals surface area contributed by atoms with Gasteiger partial charge in [-0.15, -0.1) is 13.2 Å². The summed E-state index contributed by atoms with van der Waals surface area (Å²) in [6.45, 7) is 10.3. The standard InChI is InChI=1S/C24H27N3O4S2/c1-5-14-26(15-6-2)33(29,30)20-11-8-18(9-12-20)23(28)25-24-27(16-7-3)21-13-10-19(31-4)17-22(21)32-24/h5-6,8-13,17H,1-2,7,14-16H2,3-4H3. The van der Waals surface area contributed by atoms with Gasteiger partial charge in [0.15, 0.2) is 4.80 Å². The molecule has 0 fully saturated rings. The number of hydrogen-bond donors (Lipinski definition) is 0. The van der Waals surface area contributed by atoms with Crippen molar-refractivity contribution in [1.29, 1.82) is 0 Å². The van der Waals surface area contributed by atoms with Crippen LogP contribution in [0.2, 0.25) is 0 Å². The van der Waals surface area contributed by atoms with E-state index in [1.54, 1.807) is 7.11 Å². The largest absolute Gasteiger partial charge is 0.497 e. The molecule has 0 unspecified atom stereocenters. The van der Waals surface area contributed by atoms with Crippen LogP contribution in [0, 0.1) is 0 Å². The average molecular weight is 486 g/mol. The van der Waals surface area contributed by atoms with Gasteiger partial charge in [-0.2, -0.15) is 9.30 Å². The predicted octanol–water partition coefficient (Wildman–Crippen LogP) is 4.23. The zero-order valence-corrected chi connectivity index (χ0v) is 20.4. The number of methoxy groups -OCH3 is 1. The first-order valence-electron chi connectivity index (χ1n) is 10.4. The van der Waals surface area contributed by atoms with E-state index in [2.05, 4.69) is 25.1 Å². The molecule has 0 N–H and O–H groups in total. The van der Waals surface area contributed by atoms with Gasteiger partial charge < -0.3 is 9.30 Å². The van der Waals surface area contributed by atoms with Crippen LogP contribution in [0.1, 0.15) is 23.7 Å². The van der Waals surface area contributed by atoms with E-state index in [4.69, 9.17) is 4.74 Å². The van der Waals surface area contributed by atoms with Gasteiger partial charge in [-0.3, -0.25) is 4.79 Å². The van der Waals surface area contributed by atoms with Crippen molar-refractivity contribution in [1.82, 2.24) is 8.87 Å². The summed E-state index contributed by atoms with van der Waals surface area (Å²) in [4.78, 5) is 17.9. The van der Waals surface area contributed by atoms with Crippen LogP contribution in [0.4, 0.5) is 0 Å². The lowest BCUT2D eigenvalue weighted by Gasteiger charge is -2.19. The summed E-state index contributed by atoms with van der Waals surface area (Å²) in [6, 6.07) is 11.6. The summed E-state index contributed by atoms with van der Waals surface area (Å²) in [5.74, 6) is 0.306. The number of aryl methyl sites for hydroxylation is 1. The first-order valence-corrected chi connectivity index (χ1v) is 12.7. The normalized spacial score (nSPS) is 12.3. The molecule has 3 aromatic rings. The van der Waals surface area contributed by atoms with E-state index in [-0.39, 0.29) is 18.0 Å². The van der Waals surface area contributed by atoms with Crippen LogP contribution in [0.3, 0.4) is 0 Å². The Morgan fingerprint density at radius 3 is 2.39 bits per heavy atom. The van der Waals surface area contributed by atoms with E-state index < -0.39 is 15.9 Å². The highest BCUT2D eigenvalue weighted by Gasteiger charge is 2.22. The summed E-state index contributed by atoms with van der Waals surface area (Å²) in [7, 11) is -2.12. The van der Waals surface area contributed by atoms with Gasteiger partial charge in [0.2, 0.25) is 10.0 Å². The maximum atomic E-state index is 12.9. The number of carbonyl (C=O) groups excluding carboxylic acids is 1. The highest BCUT2D eigenvalue weighted by molar-refractivity contribution is 7.89. The van der Waals surface area contributed by atoms with E-state index in [1.165, 1.54) is 52.1 Å². The minimum atomic E-state index is -3.73. The van der Waals surface area contributed by atoms with Crippen LogP contribution in [0.5, 0.6) is 5.75 Å². The molecule has 3 rings (SSSR count). The minimum absolute atomic E-state index is 0.0951. The molecular weight excluding hydrogens is 458 g/mol. The molecule has 7 nitrogen and oxygen atoms in total. The van der Waals surface area contributed by atoms with Crippen molar-refractivity contribution in [3.63, 3.8) is 0 Å². The molecule has 0 aliphatic heterocycles. The number of aromatic nitrogens is 1. The fourth-order valence-corrected chi connectivity index (χ4v) is 5.80. The Balaban J connectivity index is 1.96. The SMILES string of the molecule is C=CCN(CC=C)S(=O)(=O)c1ccc(C(=O)N=c2sc3cc(OC)ccc3n2CCC)cc1. The van der Waals surface area contributed by atoms with Crippen molar-refractivity contribution in [2.24, 2.45) is 4.99 Å². The summed E-state index contributed by atoms with van der Waals surface area (Å²) in [5, 5.41) is 0. The maximum Gasteiger partial charge on any atom is 0.279 e. The van der Waals surface area contributed by atoms with Gasteiger partial charge in [-0.1, -0.05) is 30.4 Å². The first kappa shape index (κ1) is 24.6. The topological polar surface area (TPSA) is 81.0 Å². The Labute approximate surface area is 198 Å². The van der Waals surface area contributed by atoms with Crippen LogP contribution >= 0.6 is 11.3 Å². The van der Waals surface area contributed by atoms with Crippen LogP contribution in [0.25, 0.3) is 10.2 Å². The summed E-state index contributed by atoms with van der Waals surface area (Å²) >= 11 is 1.41. The quantitative estimate of drug-likeness (QED) is 0.403. The molecule has 9 heteroatoms. The number of fused-ring (bicyclic) bond motifs is 1. The zero-order chi connectivity index (χ0) is 24.0. The van der Waals surface area contributed by atoms with Crippen molar-refractivity contribution >= 4 is 37.5 Å². The van der Waals surface area contributed by atoms with Crippen LogP contribution in [-0.2, 0) is 16.6 Å². The van der Waals surface area contributed by atoms with Gasteiger partial charge in [0.05, 0.1) is 22.2 Å². The van der Waals surface area contributed by atoms with Gasteiger partial charge in [0, 0.05) is 25.2 Å². The molecule has 2 aromatic carbocycles. The summed E-state index contributed by atoms with van der Waals surface area (Å²) in [6.07, 6.45) is 3.92. The maximum absolute atomic E-state index is 12.9. The van der Waals surface area contributed by atoms with Crippen molar-refractivity contribution in [3.8, 4) is 5.75 Å². The molecule has 0 aliphatic rings. The third-order valence-corrected chi connectivity index (χ3v) is 7.83. The molecular formula is C24H27N3O4S2. The van der Waals surface area contributed by atoms with Crippen molar-refractivity contribution in [2.75, 3.05) is 20.2 Å². The Kier molecular flexibility index (Phi) is 8.01. The van der Waals surface area contributed by atoms with Gasteiger partial charge >= 0.3 is 0 Å². The average Bonchev–Trinajstić information content (AvgIpc) is 3.15. The van der Waals surface area contributed by atoms with Gasteiger partial charge in [-0.05, 0) is 48.9 Å². The molecule has 0 bridgehead atoms. The third kappa shape index (κ3) is 5.32. The molecule has 1 amide bonds. The predicted molar refractivity (Wildman–Crippen MR) is 132 cm³/mol. The second-order valence-electron chi connectivity index (χ2n) is 7.21. The summed E-state index contributed by atoms with van der Waals surface area (Å²) < 4.78 is 35.3. The number of benzene rings is 2. The molecule has 0 aliphatic carbocycles. The highest BCUT2D eigenvalue weighted by Crippen LogP contribution is 2.23. The molecule has 33 heavy (non-hydrogen) atoms. The Bertz CT molecular complexity index is 1330. The van der Waals surface area contributed by atoms with E-state index in [0.717, 1.165) is 28.9 Å². The number of amides is 1. The number of sulfonamides is 1. The van der Waals surface area contributed by atoms with E-state index in [9.17, 15) is 13.2 Å². The van der Waals surface area contributed by atoms with Crippen molar-refractivity contribution in [3.05, 3.63) is 78.1 Å². The van der Waals surface area contributed by atoms with Gasteiger partial charge in [0.25, 0.3) is 5.91 Å². The van der Waals surface area contributed by atoms with Crippen LogP contribution < -0.4 is 9.54 Å². The highest BCUT2D eigenvalue weighted by atomic mass is 32.2. The Morgan fingerprint density at radius 1 is 1.15 bits per heavy atom. The number of ether oxygens (including phenoxy) is 1. The van der Waals surface area contributed by atoms with Crippen molar-refractivity contribution < 1.29 is 17.9 Å². The minimum Gasteiger partial charge on any atom is -0.497 e. The van der Waals surface area contributed by atoms with Gasteiger partial charge in [-0.25, -0.2) is 8.42 Å². The fraction of sp³-hybridized carbons (Fsp3) is 0.250. The Hall–Kier alpha value is -3.01. The molecule has 1 aromatic heterocycles. The molecule has 0 saturated carbocycles. The molecule has 0 spiro atoms. The lowest BCUT2D eigenvalue weighted by atomic mass is 10.2. The lowest BCUT2D eigenvalue weighted by molar-refractivity contribution is 0.0997. The molecule has 0 saturated heterocycles. The third-order valence-electron chi connectivity index (χ3n) is 4.94.